The molecule has 0 atom stereocenters. The lowest BCUT2D eigenvalue weighted by molar-refractivity contribution is 0.0939. The minimum atomic E-state index is -0.0470. The fourth-order valence-corrected chi connectivity index (χ4v) is 3.93. The second-order valence-electron chi connectivity index (χ2n) is 6.91. The number of fused-ring (bicyclic) bond motifs is 1. The molecule has 6 heteroatoms. The highest BCUT2D eigenvalue weighted by Crippen LogP contribution is 2.28. The maximum atomic E-state index is 12.9. The van der Waals surface area contributed by atoms with Crippen LogP contribution < -0.4 is 5.32 Å². The fraction of sp³-hybridized carbons (Fsp3) is 0.350. The number of pyridine rings is 1. The van der Waals surface area contributed by atoms with Crippen LogP contribution in [-0.2, 0) is 0 Å². The van der Waals surface area contributed by atoms with E-state index < -0.39 is 0 Å². The fourth-order valence-electron chi connectivity index (χ4n) is 3.72. The molecule has 0 unspecified atom stereocenters. The Morgan fingerprint density at radius 3 is 2.69 bits per heavy atom. The van der Waals surface area contributed by atoms with Gasteiger partial charge in [0.1, 0.15) is 0 Å². The summed E-state index contributed by atoms with van der Waals surface area (Å²) in [6, 6.07) is 9.62. The number of aryl methyl sites for hydroxylation is 2. The van der Waals surface area contributed by atoms with Gasteiger partial charge in [-0.25, -0.2) is 9.67 Å². The topological polar surface area (TPSA) is 59.8 Å². The second kappa shape index (κ2) is 6.72. The van der Waals surface area contributed by atoms with Gasteiger partial charge in [-0.05, 0) is 44.9 Å². The average Bonchev–Trinajstić information content (AvgIpc) is 3.23. The summed E-state index contributed by atoms with van der Waals surface area (Å²) in [5.74, 6) is -0.0470. The van der Waals surface area contributed by atoms with E-state index in [0.29, 0.717) is 16.2 Å². The van der Waals surface area contributed by atoms with E-state index in [-0.39, 0.29) is 11.9 Å². The summed E-state index contributed by atoms with van der Waals surface area (Å²) < 4.78 is 1.73. The summed E-state index contributed by atoms with van der Waals surface area (Å²) in [6.45, 7) is 3.80. The summed E-state index contributed by atoms with van der Waals surface area (Å²) in [5.41, 5.74) is 3.60. The van der Waals surface area contributed by atoms with Gasteiger partial charge >= 0.3 is 0 Å². The maximum absolute atomic E-state index is 12.9. The number of rotatable bonds is 3. The van der Waals surface area contributed by atoms with Gasteiger partial charge in [0.05, 0.1) is 27.4 Å². The first-order valence-electron chi connectivity index (χ1n) is 8.97. The lowest BCUT2D eigenvalue weighted by Crippen LogP contribution is -2.32. The summed E-state index contributed by atoms with van der Waals surface area (Å²) >= 11 is 6.36. The number of halogens is 1. The van der Waals surface area contributed by atoms with E-state index in [4.69, 9.17) is 11.6 Å². The second-order valence-corrected chi connectivity index (χ2v) is 7.32. The zero-order valence-corrected chi connectivity index (χ0v) is 15.7. The van der Waals surface area contributed by atoms with Crippen LogP contribution in [0.3, 0.4) is 0 Å². The van der Waals surface area contributed by atoms with Crippen LogP contribution in [0.4, 0.5) is 0 Å². The molecule has 1 amide bonds. The maximum Gasteiger partial charge on any atom is 0.252 e. The number of carbonyl (C=O) groups excluding carboxylic acids is 1. The number of nitrogens with one attached hydrogen (secondary N) is 1. The Labute approximate surface area is 157 Å². The van der Waals surface area contributed by atoms with Crippen molar-refractivity contribution in [1.82, 2.24) is 20.1 Å². The molecule has 0 bridgehead atoms. The predicted octanol–water partition coefficient (Wildman–Crippen LogP) is 4.36. The van der Waals surface area contributed by atoms with Crippen molar-refractivity contribution in [3.05, 3.63) is 52.3 Å². The number of carbonyl (C=O) groups is 1. The molecule has 1 aliphatic carbocycles. The first-order chi connectivity index (χ1) is 12.5. The molecule has 0 spiro atoms. The van der Waals surface area contributed by atoms with Gasteiger partial charge in [-0.3, -0.25) is 4.79 Å². The van der Waals surface area contributed by atoms with Crippen LogP contribution in [0.25, 0.3) is 16.7 Å². The molecule has 1 aliphatic rings. The Morgan fingerprint density at radius 1 is 1.23 bits per heavy atom. The SMILES string of the molecule is Cc1cc(C(=O)NC2CCCC2)c2c(C)nn(-c3ccccc3Cl)c2n1. The first-order valence-corrected chi connectivity index (χ1v) is 9.35. The summed E-state index contributed by atoms with van der Waals surface area (Å²) in [5, 5.41) is 9.18. The normalized spacial score (nSPS) is 14.9. The van der Waals surface area contributed by atoms with E-state index in [9.17, 15) is 4.79 Å². The predicted molar refractivity (Wildman–Crippen MR) is 103 cm³/mol. The number of hydrogen-bond acceptors (Lipinski definition) is 3. The monoisotopic (exact) mass is 368 g/mol. The Hall–Kier alpha value is -2.40. The third-order valence-electron chi connectivity index (χ3n) is 4.96. The molecule has 2 aromatic heterocycles. The quantitative estimate of drug-likeness (QED) is 0.747. The van der Waals surface area contributed by atoms with E-state index in [0.717, 1.165) is 35.3 Å². The van der Waals surface area contributed by atoms with Crippen LogP contribution in [-0.4, -0.2) is 26.7 Å². The van der Waals surface area contributed by atoms with Gasteiger partial charge in [0.15, 0.2) is 5.65 Å². The Kier molecular flexibility index (Phi) is 4.41. The van der Waals surface area contributed by atoms with Crippen molar-refractivity contribution in [2.75, 3.05) is 0 Å². The van der Waals surface area contributed by atoms with Gasteiger partial charge in [-0.2, -0.15) is 5.10 Å². The first kappa shape index (κ1) is 17.0. The molecule has 1 fully saturated rings. The molecule has 26 heavy (non-hydrogen) atoms. The molecule has 5 nitrogen and oxygen atoms in total. The summed E-state index contributed by atoms with van der Waals surface area (Å²) in [6.07, 6.45) is 4.46. The van der Waals surface area contributed by atoms with Crippen molar-refractivity contribution < 1.29 is 4.79 Å². The van der Waals surface area contributed by atoms with Gasteiger partial charge in [0.25, 0.3) is 5.91 Å². The van der Waals surface area contributed by atoms with Gasteiger partial charge in [0.2, 0.25) is 0 Å². The molecule has 0 saturated heterocycles. The van der Waals surface area contributed by atoms with Gasteiger partial charge < -0.3 is 5.32 Å². The van der Waals surface area contributed by atoms with Crippen LogP contribution in [0.5, 0.6) is 0 Å². The van der Waals surface area contributed by atoms with E-state index in [2.05, 4.69) is 15.4 Å². The van der Waals surface area contributed by atoms with E-state index >= 15 is 0 Å². The van der Waals surface area contributed by atoms with Crippen LogP contribution in [0.2, 0.25) is 5.02 Å². The molecule has 134 valence electrons. The number of hydrogen-bond donors (Lipinski definition) is 1. The smallest absolute Gasteiger partial charge is 0.252 e. The summed E-state index contributed by atoms with van der Waals surface area (Å²) in [7, 11) is 0. The molecule has 3 aromatic rings. The number of benzene rings is 1. The molecule has 0 radical (unpaired) electrons. The largest absolute Gasteiger partial charge is 0.349 e. The van der Waals surface area contributed by atoms with Gasteiger partial charge in [-0.15, -0.1) is 0 Å². The van der Waals surface area contributed by atoms with Crippen molar-refractivity contribution in [1.29, 1.82) is 0 Å². The number of para-hydroxylation sites is 1. The lowest BCUT2D eigenvalue weighted by atomic mass is 10.1. The van der Waals surface area contributed by atoms with Crippen molar-refractivity contribution in [2.24, 2.45) is 0 Å². The molecule has 1 saturated carbocycles. The Morgan fingerprint density at radius 2 is 1.96 bits per heavy atom. The van der Waals surface area contributed by atoms with Crippen LogP contribution >= 0.6 is 11.6 Å². The molecular weight excluding hydrogens is 348 g/mol. The highest BCUT2D eigenvalue weighted by molar-refractivity contribution is 6.32. The minimum absolute atomic E-state index is 0.0470. The Bertz CT molecular complexity index is 989. The van der Waals surface area contributed by atoms with Crippen molar-refractivity contribution >= 4 is 28.5 Å². The lowest BCUT2D eigenvalue weighted by Gasteiger charge is -2.13. The molecular formula is C20H21ClN4O. The van der Waals surface area contributed by atoms with Crippen molar-refractivity contribution in [2.45, 2.75) is 45.6 Å². The number of nitrogens with zero attached hydrogens (tertiary/aromatic N) is 3. The molecule has 1 N–H and O–H groups in total. The van der Waals surface area contributed by atoms with E-state index in [1.54, 1.807) is 4.68 Å². The van der Waals surface area contributed by atoms with Crippen molar-refractivity contribution in [3.63, 3.8) is 0 Å². The molecule has 1 aromatic carbocycles. The third kappa shape index (κ3) is 2.97. The third-order valence-corrected chi connectivity index (χ3v) is 5.28. The highest BCUT2D eigenvalue weighted by atomic mass is 35.5. The standard InChI is InChI=1S/C20H21ClN4O/c1-12-11-15(20(26)23-14-7-3-4-8-14)18-13(2)24-25(19(18)22-12)17-10-6-5-9-16(17)21/h5-6,9-11,14H,3-4,7-8H2,1-2H3,(H,23,26). The Balaban J connectivity index is 1.85. The molecule has 2 heterocycles. The van der Waals surface area contributed by atoms with E-state index in [1.807, 2.05) is 44.2 Å². The molecule has 4 rings (SSSR count). The average molecular weight is 369 g/mol. The molecule has 0 aliphatic heterocycles. The number of aromatic nitrogens is 3. The zero-order valence-electron chi connectivity index (χ0n) is 14.9. The minimum Gasteiger partial charge on any atom is -0.349 e. The van der Waals surface area contributed by atoms with Crippen LogP contribution in [0.15, 0.2) is 30.3 Å². The van der Waals surface area contributed by atoms with Crippen LogP contribution in [0, 0.1) is 13.8 Å². The highest BCUT2D eigenvalue weighted by Gasteiger charge is 2.23. The van der Waals surface area contributed by atoms with Crippen molar-refractivity contribution in [3.8, 4) is 5.69 Å². The summed E-state index contributed by atoms with van der Waals surface area (Å²) in [4.78, 5) is 17.6. The van der Waals surface area contributed by atoms with Crippen LogP contribution in [0.1, 0.15) is 47.4 Å². The van der Waals surface area contributed by atoms with E-state index in [1.165, 1.54) is 12.8 Å². The zero-order chi connectivity index (χ0) is 18.3. The number of amides is 1. The van der Waals surface area contributed by atoms with Gasteiger partial charge in [0, 0.05) is 11.7 Å². The van der Waals surface area contributed by atoms with Gasteiger partial charge in [-0.1, -0.05) is 36.6 Å².